The summed E-state index contributed by atoms with van der Waals surface area (Å²) in [7, 11) is 0. The van der Waals surface area contributed by atoms with E-state index in [0.29, 0.717) is 0 Å². The molecule has 0 aromatic carbocycles. The monoisotopic (exact) mass is 232 g/mol. The Bertz CT molecular complexity index is 69.2. The van der Waals surface area contributed by atoms with Crippen LogP contribution in [0.3, 0.4) is 0 Å². The third-order valence-electron chi connectivity index (χ3n) is 1.32. The molecule has 0 atom stereocenters. The fourth-order valence-corrected chi connectivity index (χ4v) is 1.40. The first-order chi connectivity index (χ1) is 5.41. The van der Waals surface area contributed by atoms with Crippen molar-refractivity contribution in [2.24, 2.45) is 0 Å². The van der Waals surface area contributed by atoms with E-state index in [0.717, 1.165) is 13.2 Å². The van der Waals surface area contributed by atoms with Crippen molar-refractivity contribution < 1.29 is 36.0 Å². The number of hydrogen-bond acceptors (Lipinski definition) is 2. The predicted molar refractivity (Wildman–Crippen MR) is 41.7 cm³/mol. The van der Waals surface area contributed by atoms with Crippen LogP contribution in [0.25, 0.3) is 0 Å². The summed E-state index contributed by atoms with van der Waals surface area (Å²) in [5.41, 5.74) is 0. The molecule has 0 bridgehead atoms. The Balaban J connectivity index is -0.000000500. The van der Waals surface area contributed by atoms with Gasteiger partial charge in [0.25, 0.3) is 0 Å². The molecule has 2 nitrogen and oxygen atoms in total. The molecule has 0 rings (SSSR count). The molecule has 0 fully saturated rings. The Kier molecular flexibility index (Phi) is 26.9. The first-order valence-corrected chi connectivity index (χ1v) is 5.67. The summed E-state index contributed by atoms with van der Waals surface area (Å²) in [6.07, 6.45) is 4.75. The van der Waals surface area contributed by atoms with Gasteiger partial charge in [0, 0.05) is 0 Å². The van der Waals surface area contributed by atoms with E-state index >= 15 is 0 Å². The first kappa shape index (κ1) is 19.1. The maximum absolute atomic E-state index is 5.32. The van der Waals surface area contributed by atoms with Crippen LogP contribution in [0, 0.1) is 0 Å². The van der Waals surface area contributed by atoms with Crippen molar-refractivity contribution in [3.8, 4) is 0 Å². The van der Waals surface area contributed by atoms with Gasteiger partial charge in [-0.3, -0.25) is 0 Å². The van der Waals surface area contributed by atoms with E-state index in [4.69, 9.17) is 6.64 Å². The second kappa shape index (κ2) is 18.3. The molecule has 0 aromatic rings. The quantitative estimate of drug-likeness (QED) is 0.320. The van der Waals surface area contributed by atoms with Gasteiger partial charge < -0.3 is 9.41 Å². The van der Waals surface area contributed by atoms with Crippen LogP contribution in [0.4, 0.5) is 0 Å². The Morgan fingerprint density at radius 3 is 1.54 bits per heavy atom. The Hall–Kier alpha value is 0.494. The van der Waals surface area contributed by atoms with Gasteiger partial charge >= 0.3 is 79.3 Å². The van der Waals surface area contributed by atoms with Crippen LogP contribution >= 0.6 is 0 Å². The van der Waals surface area contributed by atoms with Crippen molar-refractivity contribution >= 4 is 0 Å². The van der Waals surface area contributed by atoms with Crippen LogP contribution in [-0.4, -0.2) is 13.2 Å². The van der Waals surface area contributed by atoms with Crippen molar-refractivity contribution in [2.45, 2.75) is 39.5 Å². The zero-order valence-corrected chi connectivity index (χ0v) is 9.88. The molecule has 0 amide bonds. The van der Waals surface area contributed by atoms with Gasteiger partial charge in [0.2, 0.25) is 0 Å². The molecule has 0 saturated carbocycles. The zero-order valence-electron chi connectivity index (χ0n) is 8.32. The minimum Gasteiger partial charge on any atom is -1.00 e. The normalized spacial score (nSPS) is 8.15. The molecule has 0 unspecified atom stereocenters. The molecule has 0 radical (unpaired) electrons. The van der Waals surface area contributed by atoms with Crippen molar-refractivity contribution in [3.63, 3.8) is 0 Å². The summed E-state index contributed by atoms with van der Waals surface area (Å²) in [5, 5.41) is 0. The van der Waals surface area contributed by atoms with E-state index in [1.54, 1.807) is 0 Å². The maximum Gasteiger partial charge on any atom is -1.00 e. The summed E-state index contributed by atoms with van der Waals surface area (Å²) in [6, 6.07) is 0. The summed E-state index contributed by atoms with van der Waals surface area (Å²) in [4.78, 5) is 0. The van der Waals surface area contributed by atoms with Gasteiger partial charge in [0.15, 0.2) is 0 Å². The van der Waals surface area contributed by atoms with E-state index in [1.165, 1.54) is 25.7 Å². The van der Waals surface area contributed by atoms with Crippen molar-refractivity contribution in [1.82, 2.24) is 0 Å². The Morgan fingerprint density at radius 1 is 0.846 bits per heavy atom. The number of rotatable bonds is 8. The molecule has 0 N–H and O–H groups in total. The van der Waals surface area contributed by atoms with Crippen molar-refractivity contribution in [1.29, 1.82) is 0 Å². The van der Waals surface area contributed by atoms with Crippen LogP contribution in [-0.2, 0) is 26.6 Å². The van der Waals surface area contributed by atoms with Crippen LogP contribution in [0.1, 0.15) is 39.5 Å². The number of unbranched alkanes of at least 4 members (excludes halogenated alkanes) is 2. The molecule has 0 aliphatic rings. The second-order valence-corrected chi connectivity index (χ2v) is 3.65. The third kappa shape index (κ3) is 19.1. The molecule has 80 valence electrons. The smallest absolute Gasteiger partial charge is 1.00 e. The average molecular weight is 232 g/mol. The molecular weight excluding hydrogens is 214 g/mol. The van der Waals surface area contributed by atoms with E-state index in [9.17, 15) is 0 Å². The fraction of sp³-hybridized carbons (Fsp3) is 1.00. The van der Waals surface area contributed by atoms with Gasteiger partial charge in [0.1, 0.15) is 0 Å². The molecule has 13 heavy (non-hydrogen) atoms. The van der Waals surface area contributed by atoms with Gasteiger partial charge in [-0.25, -0.2) is 0 Å². The first-order valence-electron chi connectivity index (χ1n) is 4.40. The van der Waals surface area contributed by atoms with E-state index in [1.807, 2.05) is 0 Å². The predicted octanol–water partition coefficient (Wildman–Crippen LogP) is -3.46. The summed E-state index contributed by atoms with van der Waals surface area (Å²) in [5.74, 6) is 0. The topological polar surface area (TPSA) is 18.5 Å². The average Bonchev–Trinajstić information content (AvgIpc) is 2.03. The largest absolute Gasteiger partial charge is 1.00 e. The number of hydrogen-bond donors (Lipinski definition) is 0. The van der Waals surface area contributed by atoms with E-state index < -0.39 is 19.9 Å². The molecule has 0 aliphatic heterocycles. The molecule has 0 aromatic heterocycles. The minimum absolute atomic E-state index is 0. The fourth-order valence-electron chi connectivity index (χ4n) is 0.558. The third-order valence-corrected chi connectivity index (χ3v) is 2.32. The molecule has 0 saturated heterocycles. The molecule has 0 aliphatic carbocycles. The van der Waals surface area contributed by atoms with Crippen LogP contribution < -0.4 is 9.41 Å². The Morgan fingerprint density at radius 2 is 1.23 bits per heavy atom. The van der Waals surface area contributed by atoms with Gasteiger partial charge in [-0.1, -0.05) is 0 Å². The van der Waals surface area contributed by atoms with E-state index in [-0.39, 0.29) is 9.41 Å². The van der Waals surface area contributed by atoms with Crippen molar-refractivity contribution in [2.75, 3.05) is 13.2 Å². The summed E-state index contributed by atoms with van der Waals surface area (Å²) < 4.78 is 10.6. The van der Waals surface area contributed by atoms with Crippen molar-refractivity contribution in [3.05, 3.63) is 0 Å². The van der Waals surface area contributed by atoms with Crippen LogP contribution in [0.5, 0.6) is 0 Å². The maximum atomic E-state index is 5.32. The molecule has 0 spiro atoms. The van der Waals surface area contributed by atoms with Gasteiger partial charge in [0.05, 0.1) is 0 Å². The van der Waals surface area contributed by atoms with Gasteiger partial charge in [-0.2, -0.15) is 0 Å². The molecule has 5 heteroatoms. The minimum atomic E-state index is -0.519. The van der Waals surface area contributed by atoms with Crippen LogP contribution in [0.15, 0.2) is 0 Å². The standard InChI is InChI=1S/2C4H9O.2FH.Ti/c2*1-2-3-4-5;;;/h2*2-4H2,1H3;2*1H;/q2*-1;;;+4/p-2. The van der Waals surface area contributed by atoms with Gasteiger partial charge in [-0.15, -0.1) is 0 Å². The zero-order chi connectivity index (χ0) is 8.36. The number of halogens is 2. The SMILES string of the molecule is CCCC[O][Ti+2][O]CCCC.[F-].[F-]. The summed E-state index contributed by atoms with van der Waals surface area (Å²) >= 11 is -0.519. The Labute approximate surface area is 89.0 Å². The molecule has 0 heterocycles. The van der Waals surface area contributed by atoms with Gasteiger partial charge in [-0.05, 0) is 0 Å². The van der Waals surface area contributed by atoms with E-state index in [2.05, 4.69) is 13.8 Å². The summed E-state index contributed by atoms with van der Waals surface area (Å²) in [6.45, 7) is 6.12. The van der Waals surface area contributed by atoms with Crippen LogP contribution in [0.2, 0.25) is 0 Å². The second-order valence-electron chi connectivity index (χ2n) is 2.49. The molecular formula is C8H18F2O2Ti.